The molecule has 0 saturated carbocycles. The van der Waals surface area contributed by atoms with Gasteiger partial charge in [-0.05, 0) is 42.8 Å². The average Bonchev–Trinajstić information content (AvgIpc) is 3.38. The maximum Gasteiger partial charge on any atom is 0.225 e. The van der Waals surface area contributed by atoms with E-state index in [0.29, 0.717) is 12.2 Å². The summed E-state index contributed by atoms with van der Waals surface area (Å²) in [5.41, 5.74) is 5.51. The maximum absolute atomic E-state index is 13.5. The number of benzene rings is 1. The molecule has 0 saturated heterocycles. The number of anilines is 2. The number of hydrogen-bond donors (Lipinski definition) is 3. The van der Waals surface area contributed by atoms with Gasteiger partial charge in [0, 0.05) is 65.1 Å². The summed E-state index contributed by atoms with van der Waals surface area (Å²) in [5.74, 6) is 1.71. The fourth-order valence-electron chi connectivity index (χ4n) is 4.82. The van der Waals surface area contributed by atoms with Gasteiger partial charge in [0.1, 0.15) is 29.3 Å². The van der Waals surface area contributed by atoms with Crippen molar-refractivity contribution in [1.29, 1.82) is 0 Å². The maximum atomic E-state index is 13.5. The van der Waals surface area contributed by atoms with Gasteiger partial charge in [-0.3, -0.25) is 14.8 Å². The third kappa shape index (κ3) is 4.47. The van der Waals surface area contributed by atoms with Crippen molar-refractivity contribution < 1.29 is 9.18 Å². The molecule has 8 nitrogen and oxygen atoms in total. The Morgan fingerprint density at radius 3 is 2.58 bits per heavy atom. The van der Waals surface area contributed by atoms with Gasteiger partial charge >= 0.3 is 0 Å². The quantitative estimate of drug-likeness (QED) is 0.465. The highest BCUT2D eigenvalue weighted by Gasteiger charge is 2.35. The molecule has 3 aromatic rings. The van der Waals surface area contributed by atoms with Crippen LogP contribution in [0.25, 0.3) is 22.3 Å². The summed E-state index contributed by atoms with van der Waals surface area (Å²) in [6.45, 7) is 3.87. The molecule has 0 spiro atoms. The molecular weight excluding hydrogens is 481 g/mol. The average molecular weight is 508 g/mol. The van der Waals surface area contributed by atoms with E-state index in [2.05, 4.69) is 45.0 Å². The Balaban J connectivity index is 1.32. The number of carbonyl (C=O) groups excluding carboxylic acids is 1. The fourth-order valence-corrected chi connectivity index (χ4v) is 4.82. The zero-order valence-electron chi connectivity index (χ0n) is 20.9. The predicted molar refractivity (Wildman–Crippen MR) is 148 cm³/mol. The van der Waals surface area contributed by atoms with Gasteiger partial charge in [-0.1, -0.05) is 25.1 Å². The zero-order valence-corrected chi connectivity index (χ0v) is 20.9. The van der Waals surface area contributed by atoms with Gasteiger partial charge in [-0.2, -0.15) is 0 Å². The molecule has 38 heavy (non-hydrogen) atoms. The van der Waals surface area contributed by atoms with Crippen molar-refractivity contribution in [1.82, 2.24) is 15.3 Å². The molecule has 1 aromatic carbocycles. The summed E-state index contributed by atoms with van der Waals surface area (Å²) < 4.78 is 13.5. The summed E-state index contributed by atoms with van der Waals surface area (Å²) in [5, 5.41) is 9.73. The molecular formula is C29H26FN7O. The SMILES string of the molecule is CCC(=O)Nc1ccc(-c2cnc3c(c2)C(C2=NC4C(c5ccc(F)cc5)=CN=CC4N2)=CC(C)N3)cn1. The molecule has 0 bridgehead atoms. The minimum atomic E-state index is -0.275. The molecule has 3 aliphatic heterocycles. The van der Waals surface area contributed by atoms with E-state index in [4.69, 9.17) is 9.98 Å². The number of aliphatic imine (C=N–C) groups is 2. The van der Waals surface area contributed by atoms with Crippen LogP contribution in [0.2, 0.25) is 0 Å². The number of halogens is 1. The van der Waals surface area contributed by atoms with Crippen molar-refractivity contribution in [3.63, 3.8) is 0 Å². The molecule has 0 radical (unpaired) electrons. The van der Waals surface area contributed by atoms with Gasteiger partial charge in [0.15, 0.2) is 0 Å². The van der Waals surface area contributed by atoms with Crippen molar-refractivity contribution in [2.24, 2.45) is 9.98 Å². The van der Waals surface area contributed by atoms with Crippen LogP contribution in [-0.2, 0) is 4.79 Å². The zero-order chi connectivity index (χ0) is 26.2. The highest BCUT2D eigenvalue weighted by molar-refractivity contribution is 6.26. The third-order valence-corrected chi connectivity index (χ3v) is 6.77. The van der Waals surface area contributed by atoms with Crippen LogP contribution in [0.1, 0.15) is 31.4 Å². The standard InChI is InChI=1S/C29H26FN7O/c1-3-26(38)36-25-9-6-18(12-32-25)19-11-22-21(10-16(2)34-28(22)33-13-19)29-35-24-15-31-14-23(27(24)37-29)17-4-7-20(30)8-5-17/h4-16,24,27H,3H2,1-2H3,(H,33,34)(H,35,37)(H,32,36,38). The van der Waals surface area contributed by atoms with E-state index in [1.54, 1.807) is 37.5 Å². The molecule has 0 fully saturated rings. The normalized spacial score (nSPS) is 21.2. The van der Waals surface area contributed by atoms with Crippen LogP contribution in [0, 0.1) is 5.82 Å². The highest BCUT2D eigenvalue weighted by atomic mass is 19.1. The van der Waals surface area contributed by atoms with Crippen LogP contribution < -0.4 is 16.0 Å². The highest BCUT2D eigenvalue weighted by Crippen LogP contribution is 2.36. The summed E-state index contributed by atoms with van der Waals surface area (Å²) in [7, 11) is 0. The second-order valence-electron chi connectivity index (χ2n) is 9.45. The van der Waals surface area contributed by atoms with Crippen molar-refractivity contribution >= 4 is 40.7 Å². The van der Waals surface area contributed by atoms with Crippen molar-refractivity contribution in [3.05, 3.63) is 84.1 Å². The van der Waals surface area contributed by atoms with E-state index in [1.807, 2.05) is 18.5 Å². The molecule has 5 heterocycles. The number of pyridine rings is 2. The van der Waals surface area contributed by atoms with Crippen LogP contribution in [0.4, 0.5) is 16.0 Å². The number of amidine groups is 1. The number of nitrogens with zero attached hydrogens (tertiary/aromatic N) is 4. The van der Waals surface area contributed by atoms with Gasteiger partial charge in [0.2, 0.25) is 5.91 Å². The number of aromatic nitrogens is 2. The van der Waals surface area contributed by atoms with E-state index in [-0.39, 0.29) is 29.8 Å². The Hall–Kier alpha value is -4.66. The third-order valence-electron chi connectivity index (χ3n) is 6.77. The minimum absolute atomic E-state index is 0.0619. The molecule has 3 unspecified atom stereocenters. The Morgan fingerprint density at radius 1 is 1.03 bits per heavy atom. The Labute approximate surface area is 219 Å². The number of rotatable bonds is 5. The molecule has 9 heteroatoms. The largest absolute Gasteiger partial charge is 0.364 e. The second-order valence-corrected chi connectivity index (χ2v) is 9.45. The Kier molecular flexibility index (Phi) is 6.03. The number of nitrogens with one attached hydrogen (secondary N) is 3. The first-order valence-corrected chi connectivity index (χ1v) is 12.6. The second kappa shape index (κ2) is 9.66. The van der Waals surface area contributed by atoms with Gasteiger partial charge in [-0.25, -0.2) is 14.4 Å². The molecule has 2 aromatic heterocycles. The van der Waals surface area contributed by atoms with Crippen molar-refractivity contribution in [2.75, 3.05) is 10.6 Å². The van der Waals surface area contributed by atoms with E-state index in [9.17, 15) is 9.18 Å². The lowest BCUT2D eigenvalue weighted by Gasteiger charge is -2.24. The van der Waals surface area contributed by atoms with E-state index < -0.39 is 0 Å². The summed E-state index contributed by atoms with van der Waals surface area (Å²) >= 11 is 0. The molecule has 0 aliphatic carbocycles. The Morgan fingerprint density at radius 2 is 1.82 bits per heavy atom. The number of carbonyl (C=O) groups is 1. The topological polar surface area (TPSA) is 104 Å². The van der Waals surface area contributed by atoms with Gasteiger partial charge < -0.3 is 16.0 Å². The molecule has 190 valence electrons. The summed E-state index contributed by atoms with van der Waals surface area (Å²) in [4.78, 5) is 30.3. The van der Waals surface area contributed by atoms with Crippen LogP contribution in [-0.4, -0.2) is 46.1 Å². The van der Waals surface area contributed by atoms with E-state index >= 15 is 0 Å². The van der Waals surface area contributed by atoms with Gasteiger partial charge in [-0.15, -0.1) is 0 Å². The fraction of sp³-hybridized carbons (Fsp3) is 0.207. The molecule has 3 N–H and O–H groups in total. The number of fused-ring (bicyclic) bond motifs is 2. The first kappa shape index (κ1) is 23.7. The van der Waals surface area contributed by atoms with Crippen LogP contribution in [0.15, 0.2) is 77.1 Å². The lowest BCUT2D eigenvalue weighted by atomic mass is 9.94. The molecule has 3 aliphatic rings. The molecule has 3 atom stereocenters. The predicted octanol–water partition coefficient (Wildman–Crippen LogP) is 4.69. The first-order valence-electron chi connectivity index (χ1n) is 12.6. The van der Waals surface area contributed by atoms with Gasteiger partial charge in [0.05, 0.1) is 6.04 Å². The first-order chi connectivity index (χ1) is 18.5. The van der Waals surface area contributed by atoms with Gasteiger partial charge in [0.25, 0.3) is 0 Å². The lowest BCUT2D eigenvalue weighted by Crippen LogP contribution is -2.38. The number of hydrogen-bond acceptors (Lipinski definition) is 7. The number of amides is 1. The van der Waals surface area contributed by atoms with E-state index in [1.165, 1.54) is 12.1 Å². The minimum Gasteiger partial charge on any atom is -0.364 e. The smallest absolute Gasteiger partial charge is 0.225 e. The summed E-state index contributed by atoms with van der Waals surface area (Å²) in [6, 6.07) is 12.0. The monoisotopic (exact) mass is 507 g/mol. The lowest BCUT2D eigenvalue weighted by molar-refractivity contribution is -0.115. The Bertz CT molecular complexity index is 1520. The van der Waals surface area contributed by atoms with Crippen LogP contribution >= 0.6 is 0 Å². The molecule has 6 rings (SSSR count). The molecule has 1 amide bonds. The van der Waals surface area contributed by atoms with Crippen LogP contribution in [0.3, 0.4) is 0 Å². The summed E-state index contributed by atoms with van der Waals surface area (Å²) in [6.07, 6.45) is 9.73. The van der Waals surface area contributed by atoms with Crippen LogP contribution in [0.5, 0.6) is 0 Å². The van der Waals surface area contributed by atoms with E-state index in [0.717, 1.165) is 45.1 Å². The van der Waals surface area contributed by atoms with Crippen molar-refractivity contribution in [3.8, 4) is 11.1 Å². The van der Waals surface area contributed by atoms with Crippen molar-refractivity contribution in [2.45, 2.75) is 38.4 Å².